The van der Waals surface area contributed by atoms with Crippen molar-refractivity contribution in [3.05, 3.63) is 0 Å². The van der Waals surface area contributed by atoms with E-state index >= 15 is 0 Å². The maximum Gasteiger partial charge on any atom is 0.333 e. The second kappa shape index (κ2) is 16.8. The number of carbonyl (C=O) groups excluding carboxylic acids is 6. The van der Waals surface area contributed by atoms with Crippen LogP contribution in [-0.2, 0) is 38.9 Å². The molecule has 0 bridgehead atoms. The van der Waals surface area contributed by atoms with Crippen LogP contribution in [0.25, 0.3) is 0 Å². The molecule has 43 heavy (non-hydrogen) atoms. The number of thioether (sulfide) groups is 1. The highest BCUT2D eigenvalue weighted by molar-refractivity contribution is 8.00. The van der Waals surface area contributed by atoms with Crippen molar-refractivity contribution >= 4 is 57.5 Å². The van der Waals surface area contributed by atoms with E-state index in [-0.39, 0.29) is 41.4 Å². The minimum Gasteiger partial charge on any atom is -0.356 e. The van der Waals surface area contributed by atoms with Crippen LogP contribution in [0.2, 0.25) is 0 Å². The van der Waals surface area contributed by atoms with Gasteiger partial charge in [-0.2, -0.15) is 20.2 Å². The van der Waals surface area contributed by atoms with Crippen molar-refractivity contribution in [2.75, 3.05) is 18.8 Å². The minimum atomic E-state index is -4.77. The van der Waals surface area contributed by atoms with E-state index < -0.39 is 39.6 Å². The normalized spacial score (nSPS) is 23.1. The van der Waals surface area contributed by atoms with Crippen LogP contribution in [0.5, 0.6) is 0 Å². The van der Waals surface area contributed by atoms with Gasteiger partial charge in [-0.05, 0) is 38.5 Å². The quantitative estimate of drug-likeness (QED) is 0.0564. The molecule has 0 radical (unpaired) electrons. The highest BCUT2D eigenvalue weighted by Crippen LogP contribution is 2.33. The van der Waals surface area contributed by atoms with Gasteiger partial charge in [-0.15, -0.1) is 5.06 Å². The van der Waals surface area contributed by atoms with Crippen molar-refractivity contribution in [2.24, 2.45) is 0 Å². The number of nitrogens with zero attached hydrogens (tertiary/aromatic N) is 1. The van der Waals surface area contributed by atoms with Crippen molar-refractivity contribution < 1.29 is 46.6 Å². The zero-order valence-corrected chi connectivity index (χ0v) is 25.6. The lowest BCUT2D eigenvalue weighted by Crippen LogP contribution is -2.36. The van der Waals surface area contributed by atoms with Crippen LogP contribution in [0.1, 0.15) is 83.5 Å². The number of hydroxylamine groups is 2. The second-order valence-corrected chi connectivity index (χ2v) is 13.8. The molecule has 15 nitrogen and oxygen atoms in total. The number of hydrogen-bond donors (Lipinski definition) is 5. The van der Waals surface area contributed by atoms with Crippen molar-refractivity contribution in [2.45, 2.75) is 106 Å². The molecule has 0 saturated carbocycles. The third kappa shape index (κ3) is 11.3. The van der Waals surface area contributed by atoms with Crippen molar-refractivity contribution in [3.63, 3.8) is 0 Å². The summed E-state index contributed by atoms with van der Waals surface area (Å²) in [5, 5.41) is 10.2. The summed E-state index contributed by atoms with van der Waals surface area (Å²) in [4.78, 5) is 75.6. The first-order valence-electron chi connectivity index (χ1n) is 14.7. The van der Waals surface area contributed by atoms with Crippen LogP contribution in [0, 0.1) is 0 Å². The fourth-order valence-corrected chi connectivity index (χ4v) is 7.37. The van der Waals surface area contributed by atoms with Crippen LogP contribution >= 0.6 is 11.8 Å². The van der Waals surface area contributed by atoms with Gasteiger partial charge in [0, 0.05) is 43.4 Å². The smallest absolute Gasteiger partial charge is 0.333 e. The van der Waals surface area contributed by atoms with Crippen LogP contribution in [0.3, 0.4) is 0 Å². The number of imide groups is 1. The number of fused-ring (bicyclic) bond motifs is 1. The van der Waals surface area contributed by atoms with E-state index in [9.17, 15) is 37.2 Å². The summed E-state index contributed by atoms with van der Waals surface area (Å²) in [6.07, 6.45) is 6.53. The predicted octanol–water partition coefficient (Wildman–Crippen LogP) is 0.539. The number of urea groups is 1. The van der Waals surface area contributed by atoms with E-state index in [1.165, 1.54) is 0 Å². The number of hydrogen-bond acceptors (Lipinski definition) is 10. The molecule has 3 aliphatic rings. The molecule has 3 heterocycles. The Morgan fingerprint density at radius 2 is 1.49 bits per heavy atom. The molecule has 0 aromatic rings. The third-order valence-electron chi connectivity index (χ3n) is 7.48. The topological polar surface area (TPSA) is 217 Å². The molecule has 5 N–H and O–H groups in total. The summed E-state index contributed by atoms with van der Waals surface area (Å²) in [6, 6.07) is 0.323. The van der Waals surface area contributed by atoms with Crippen LogP contribution in [0.4, 0.5) is 4.79 Å². The Balaban J connectivity index is 1.09. The van der Waals surface area contributed by atoms with E-state index in [1.54, 1.807) is 0 Å². The van der Waals surface area contributed by atoms with Gasteiger partial charge in [0.15, 0.2) is 5.25 Å². The summed E-state index contributed by atoms with van der Waals surface area (Å²) in [5.74, 6) is -2.32. The van der Waals surface area contributed by atoms with E-state index in [2.05, 4.69) is 26.1 Å². The molecule has 0 aromatic carbocycles. The number of carbonyl (C=O) groups is 6. The van der Waals surface area contributed by atoms with Gasteiger partial charge in [-0.25, -0.2) is 9.59 Å². The van der Waals surface area contributed by atoms with Gasteiger partial charge in [0.1, 0.15) is 0 Å². The summed E-state index contributed by atoms with van der Waals surface area (Å²) in [6.45, 7) is 0.999. The summed E-state index contributed by atoms with van der Waals surface area (Å²) >= 11 is 1.87. The van der Waals surface area contributed by atoms with Crippen molar-refractivity contribution in [1.29, 1.82) is 0 Å². The standard InChI is InChI=1S/C26H41N5O10S2/c32-20(27-14-8-2-4-12-23(35)41-31-22(34)15-19(25(31)36)43(38,39)40)10-3-1-7-13-28-21(33)11-6-5-9-18-24-17(16-42-18)29-26(37)30-24/h17-19,24H,1-16H2,(H,27,32)(H,28,33)(H2,29,30,37)(H,38,39,40)/t17-,18?,19?,24-/m0/s1. The Kier molecular flexibility index (Phi) is 13.5. The van der Waals surface area contributed by atoms with E-state index in [0.717, 1.165) is 37.9 Å². The lowest BCUT2D eigenvalue weighted by molar-refractivity contribution is -0.197. The molecule has 242 valence electrons. The molecule has 2 unspecified atom stereocenters. The SMILES string of the molecule is O=C(CCCCCNC(=O)CCCCC1SC[C@@H]2NC(=O)N[C@H]12)NCCCCCC(=O)ON1C(=O)CC(S(=O)(=O)O)C1=O. The molecule has 0 aliphatic carbocycles. The maximum atomic E-state index is 12.1. The monoisotopic (exact) mass is 647 g/mol. The highest BCUT2D eigenvalue weighted by atomic mass is 32.2. The Hall–Kier alpha value is -2.92. The third-order valence-corrected chi connectivity index (χ3v) is 10.1. The van der Waals surface area contributed by atoms with Gasteiger partial charge in [0.05, 0.1) is 18.5 Å². The Morgan fingerprint density at radius 1 is 0.884 bits per heavy atom. The Bertz CT molecular complexity index is 1150. The number of nitrogens with one attached hydrogen (secondary N) is 4. The van der Waals surface area contributed by atoms with Gasteiger partial charge >= 0.3 is 12.0 Å². The average molecular weight is 648 g/mol. The molecular weight excluding hydrogens is 606 g/mol. The summed E-state index contributed by atoms with van der Waals surface area (Å²) < 4.78 is 31.2. The Labute approximate surface area is 255 Å². The first kappa shape index (κ1) is 34.6. The molecule has 0 spiro atoms. The van der Waals surface area contributed by atoms with Gasteiger partial charge in [-0.3, -0.25) is 23.7 Å². The maximum absolute atomic E-state index is 12.1. The largest absolute Gasteiger partial charge is 0.356 e. The van der Waals surface area contributed by atoms with E-state index in [1.807, 2.05) is 11.8 Å². The first-order valence-corrected chi connectivity index (χ1v) is 17.3. The van der Waals surface area contributed by atoms with Crippen molar-refractivity contribution in [3.8, 4) is 0 Å². The van der Waals surface area contributed by atoms with Crippen molar-refractivity contribution in [1.82, 2.24) is 26.3 Å². The zero-order chi connectivity index (χ0) is 31.4. The van der Waals surface area contributed by atoms with Gasteiger partial charge in [0.25, 0.3) is 21.9 Å². The predicted molar refractivity (Wildman–Crippen MR) is 155 cm³/mol. The van der Waals surface area contributed by atoms with Gasteiger partial charge in [-0.1, -0.05) is 19.3 Å². The lowest BCUT2D eigenvalue weighted by atomic mass is 10.0. The molecule has 3 saturated heterocycles. The molecular formula is C26H41N5O10S2. The zero-order valence-electron chi connectivity index (χ0n) is 24.0. The van der Waals surface area contributed by atoms with E-state index in [4.69, 9.17) is 4.55 Å². The second-order valence-electron chi connectivity index (χ2n) is 10.9. The van der Waals surface area contributed by atoms with Crippen LogP contribution in [0.15, 0.2) is 0 Å². The highest BCUT2D eigenvalue weighted by Gasteiger charge is 2.48. The summed E-state index contributed by atoms with van der Waals surface area (Å²) in [7, 11) is -4.77. The molecule has 0 aromatic heterocycles. The molecule has 3 aliphatic heterocycles. The van der Waals surface area contributed by atoms with Gasteiger partial charge < -0.3 is 26.1 Å². The molecule has 3 fully saturated rings. The molecule has 3 rings (SSSR count). The molecule has 6 amide bonds. The average Bonchev–Trinajstić information content (AvgIpc) is 3.58. The number of rotatable bonds is 19. The van der Waals surface area contributed by atoms with Crippen LogP contribution in [-0.4, -0.2) is 95.1 Å². The fourth-order valence-electron chi connectivity index (χ4n) is 5.12. The summed E-state index contributed by atoms with van der Waals surface area (Å²) in [5.41, 5.74) is 0. The molecule has 17 heteroatoms. The first-order chi connectivity index (χ1) is 20.5. The fraction of sp³-hybridized carbons (Fsp3) is 0.769. The van der Waals surface area contributed by atoms with E-state index in [0.29, 0.717) is 56.9 Å². The number of amides is 6. The van der Waals surface area contributed by atoms with Gasteiger partial charge in [0.2, 0.25) is 11.8 Å². The van der Waals surface area contributed by atoms with Crippen LogP contribution < -0.4 is 21.3 Å². The molecule has 4 atom stereocenters. The number of unbranched alkanes of at least 4 members (excludes halogenated alkanes) is 5. The Morgan fingerprint density at radius 3 is 2.09 bits per heavy atom. The minimum absolute atomic E-state index is 0.0302. The lowest BCUT2D eigenvalue weighted by Gasteiger charge is -2.16.